The molecule has 0 aliphatic heterocycles. The maximum absolute atomic E-state index is 11.4. The molecule has 0 spiro atoms. The Morgan fingerprint density at radius 2 is 2.27 bits per heavy atom. The van der Waals surface area contributed by atoms with Gasteiger partial charge in [0.25, 0.3) is 0 Å². The van der Waals surface area contributed by atoms with E-state index in [1.165, 1.54) is 5.57 Å². The fourth-order valence-corrected chi connectivity index (χ4v) is 2.73. The molecule has 82 valence electrons. The first kappa shape index (κ1) is 10.5. The second kappa shape index (κ2) is 3.22. The minimum absolute atomic E-state index is 0.00273. The Kier molecular flexibility index (Phi) is 2.25. The van der Waals surface area contributed by atoms with Gasteiger partial charge in [0.2, 0.25) is 0 Å². The smallest absolute Gasteiger partial charge is 0.333 e. The molecule has 0 aromatic rings. The average molecular weight is 206 g/mol. The van der Waals surface area contributed by atoms with Crippen LogP contribution in [0.1, 0.15) is 33.6 Å². The normalized spacial score (nSPS) is 31.3. The summed E-state index contributed by atoms with van der Waals surface area (Å²) in [5, 5.41) is 0. The summed E-state index contributed by atoms with van der Waals surface area (Å²) in [7, 11) is 0. The second-order valence-electron chi connectivity index (χ2n) is 5.22. The Hall–Kier alpha value is -1.05. The average Bonchev–Trinajstić information content (AvgIpc) is 2.54. The number of allylic oxidation sites excluding steroid dienone is 1. The minimum atomic E-state index is -0.260. The highest BCUT2D eigenvalue weighted by molar-refractivity contribution is 5.87. The van der Waals surface area contributed by atoms with Crippen molar-refractivity contribution in [2.75, 3.05) is 0 Å². The van der Waals surface area contributed by atoms with Crippen molar-refractivity contribution in [3.05, 3.63) is 23.8 Å². The van der Waals surface area contributed by atoms with E-state index in [9.17, 15) is 4.79 Å². The van der Waals surface area contributed by atoms with E-state index in [0.29, 0.717) is 11.5 Å². The van der Waals surface area contributed by atoms with Crippen LogP contribution in [0.4, 0.5) is 0 Å². The third-order valence-electron chi connectivity index (χ3n) is 3.83. The van der Waals surface area contributed by atoms with Gasteiger partial charge in [-0.15, -0.1) is 0 Å². The molecule has 2 aliphatic carbocycles. The first-order chi connectivity index (χ1) is 6.93. The van der Waals surface area contributed by atoms with Gasteiger partial charge in [0.1, 0.15) is 6.10 Å². The van der Waals surface area contributed by atoms with Crippen LogP contribution in [0, 0.1) is 11.3 Å². The number of rotatable bonds is 2. The van der Waals surface area contributed by atoms with E-state index in [4.69, 9.17) is 4.74 Å². The van der Waals surface area contributed by atoms with Gasteiger partial charge in [-0.05, 0) is 36.7 Å². The second-order valence-corrected chi connectivity index (χ2v) is 5.22. The van der Waals surface area contributed by atoms with Gasteiger partial charge < -0.3 is 4.74 Å². The zero-order valence-electron chi connectivity index (χ0n) is 9.67. The van der Waals surface area contributed by atoms with Gasteiger partial charge in [-0.25, -0.2) is 4.79 Å². The summed E-state index contributed by atoms with van der Waals surface area (Å²) in [6.45, 7) is 9.77. The molecule has 0 saturated heterocycles. The van der Waals surface area contributed by atoms with Crippen LogP contribution in [0.3, 0.4) is 0 Å². The zero-order chi connectivity index (χ0) is 11.2. The van der Waals surface area contributed by atoms with Gasteiger partial charge in [0.15, 0.2) is 0 Å². The molecule has 1 fully saturated rings. The van der Waals surface area contributed by atoms with E-state index in [1.807, 2.05) is 0 Å². The largest absolute Gasteiger partial charge is 0.454 e. The third kappa shape index (κ3) is 1.52. The fourth-order valence-electron chi connectivity index (χ4n) is 2.73. The van der Waals surface area contributed by atoms with Gasteiger partial charge in [-0.1, -0.05) is 26.5 Å². The van der Waals surface area contributed by atoms with Gasteiger partial charge in [0.05, 0.1) is 0 Å². The van der Waals surface area contributed by atoms with E-state index in [-0.39, 0.29) is 17.5 Å². The molecule has 1 saturated carbocycles. The van der Waals surface area contributed by atoms with Crippen LogP contribution in [-0.4, -0.2) is 12.1 Å². The number of carbonyl (C=O) groups is 1. The van der Waals surface area contributed by atoms with Gasteiger partial charge in [0, 0.05) is 5.57 Å². The van der Waals surface area contributed by atoms with Crippen molar-refractivity contribution in [2.24, 2.45) is 11.3 Å². The summed E-state index contributed by atoms with van der Waals surface area (Å²) in [6, 6.07) is 0. The van der Waals surface area contributed by atoms with Crippen molar-refractivity contribution in [1.29, 1.82) is 0 Å². The van der Waals surface area contributed by atoms with E-state index in [2.05, 4.69) is 26.5 Å². The molecule has 2 atom stereocenters. The van der Waals surface area contributed by atoms with Gasteiger partial charge in [-0.3, -0.25) is 0 Å². The number of ether oxygens (including phenoxy) is 1. The Bertz CT molecular complexity index is 350. The first-order valence-corrected chi connectivity index (χ1v) is 5.50. The van der Waals surface area contributed by atoms with Crippen LogP contribution >= 0.6 is 0 Å². The maximum atomic E-state index is 11.4. The predicted molar refractivity (Wildman–Crippen MR) is 59.3 cm³/mol. The summed E-state index contributed by atoms with van der Waals surface area (Å²) in [6.07, 6.45) is 4.37. The molecule has 0 aromatic carbocycles. The molecule has 2 heteroatoms. The Morgan fingerprint density at radius 1 is 1.60 bits per heavy atom. The fraction of sp³-hybridized carbons (Fsp3) is 0.615. The standard InChI is InChI=1S/C13H18O2/c1-8(2)12(14)15-11-7-9-5-6-10(11)13(9,3)4/h6,9,11H,1,5,7H2,2-4H3. The molecule has 15 heavy (non-hydrogen) atoms. The molecule has 2 unspecified atom stereocenters. The third-order valence-corrected chi connectivity index (χ3v) is 3.83. The molecular weight excluding hydrogens is 188 g/mol. The highest BCUT2D eigenvalue weighted by Crippen LogP contribution is 2.54. The molecular formula is C13H18O2. The van der Waals surface area contributed by atoms with Gasteiger partial charge in [-0.2, -0.15) is 0 Å². The lowest BCUT2D eigenvalue weighted by atomic mass is 9.83. The molecule has 2 bridgehead atoms. The van der Waals surface area contributed by atoms with Crippen molar-refractivity contribution >= 4 is 5.97 Å². The van der Waals surface area contributed by atoms with Crippen molar-refractivity contribution in [1.82, 2.24) is 0 Å². The number of hydrogen-bond donors (Lipinski definition) is 0. The molecule has 0 aromatic heterocycles. The molecule has 0 heterocycles. The summed E-state index contributed by atoms with van der Waals surface area (Å²) in [4.78, 5) is 11.4. The van der Waals surface area contributed by atoms with E-state index in [0.717, 1.165) is 12.8 Å². The van der Waals surface area contributed by atoms with Crippen LogP contribution in [0.2, 0.25) is 0 Å². The predicted octanol–water partition coefficient (Wildman–Crippen LogP) is 2.85. The molecule has 0 amide bonds. The van der Waals surface area contributed by atoms with E-state index >= 15 is 0 Å². The van der Waals surface area contributed by atoms with Crippen molar-refractivity contribution in [3.63, 3.8) is 0 Å². The topological polar surface area (TPSA) is 26.3 Å². The number of hydrogen-bond acceptors (Lipinski definition) is 2. The lowest BCUT2D eigenvalue weighted by Gasteiger charge is -2.21. The van der Waals surface area contributed by atoms with Crippen molar-refractivity contribution in [3.8, 4) is 0 Å². The Balaban J connectivity index is 2.10. The number of esters is 1. The molecule has 2 rings (SSSR count). The van der Waals surface area contributed by atoms with Gasteiger partial charge >= 0.3 is 5.97 Å². The lowest BCUT2D eigenvalue weighted by Crippen LogP contribution is -2.20. The minimum Gasteiger partial charge on any atom is -0.454 e. The van der Waals surface area contributed by atoms with Crippen LogP contribution in [0.15, 0.2) is 23.8 Å². The van der Waals surface area contributed by atoms with Crippen molar-refractivity contribution in [2.45, 2.75) is 39.7 Å². The van der Waals surface area contributed by atoms with Crippen molar-refractivity contribution < 1.29 is 9.53 Å². The Morgan fingerprint density at radius 3 is 2.67 bits per heavy atom. The SMILES string of the molecule is C=C(C)C(=O)OC1CC2CC=C1C2(C)C. The van der Waals surface area contributed by atoms with E-state index in [1.54, 1.807) is 6.92 Å². The summed E-state index contributed by atoms with van der Waals surface area (Å²) < 4.78 is 5.44. The molecule has 2 aliphatic rings. The summed E-state index contributed by atoms with van der Waals surface area (Å²) >= 11 is 0. The summed E-state index contributed by atoms with van der Waals surface area (Å²) in [5.74, 6) is 0.389. The summed E-state index contributed by atoms with van der Waals surface area (Å²) in [5.41, 5.74) is 2.01. The highest BCUT2D eigenvalue weighted by Gasteiger charge is 2.49. The van der Waals surface area contributed by atoms with Crippen LogP contribution in [0.25, 0.3) is 0 Å². The van der Waals surface area contributed by atoms with Crippen LogP contribution < -0.4 is 0 Å². The van der Waals surface area contributed by atoms with Crippen LogP contribution in [-0.2, 0) is 9.53 Å². The Labute approximate surface area is 91.0 Å². The highest BCUT2D eigenvalue weighted by atomic mass is 16.5. The maximum Gasteiger partial charge on any atom is 0.333 e. The quantitative estimate of drug-likeness (QED) is 0.394. The number of carbonyl (C=O) groups excluding carboxylic acids is 1. The molecule has 0 N–H and O–H groups in total. The number of fused-ring (bicyclic) bond motifs is 2. The zero-order valence-corrected chi connectivity index (χ0v) is 9.67. The first-order valence-electron chi connectivity index (χ1n) is 5.50. The molecule has 2 nitrogen and oxygen atoms in total. The van der Waals surface area contributed by atoms with E-state index < -0.39 is 0 Å². The lowest BCUT2D eigenvalue weighted by molar-refractivity contribution is -0.142. The van der Waals surface area contributed by atoms with Crippen LogP contribution in [0.5, 0.6) is 0 Å². The molecule has 0 radical (unpaired) electrons. The monoisotopic (exact) mass is 206 g/mol.